The summed E-state index contributed by atoms with van der Waals surface area (Å²) in [5.41, 5.74) is 3.01. The van der Waals surface area contributed by atoms with Gasteiger partial charge in [-0.15, -0.1) is 0 Å². The summed E-state index contributed by atoms with van der Waals surface area (Å²) in [7, 11) is 0. The molecule has 30 heavy (non-hydrogen) atoms. The molecule has 0 heterocycles. The Labute approximate surface area is 192 Å². The average Bonchev–Trinajstić information content (AvgIpc) is 2.73. The third-order valence-corrected chi connectivity index (χ3v) is 5.39. The van der Waals surface area contributed by atoms with E-state index < -0.39 is 5.97 Å². The normalized spacial score (nSPS) is 10.5. The van der Waals surface area contributed by atoms with Crippen LogP contribution in [-0.2, 0) is 13.2 Å². The highest BCUT2D eigenvalue weighted by Gasteiger charge is 2.13. The fourth-order valence-electron chi connectivity index (χ4n) is 2.83. The van der Waals surface area contributed by atoms with Crippen molar-refractivity contribution in [2.45, 2.75) is 20.1 Å². The molecule has 0 fully saturated rings. The zero-order valence-electron chi connectivity index (χ0n) is 16.3. The predicted molar refractivity (Wildman–Crippen MR) is 125 cm³/mol. The van der Waals surface area contributed by atoms with Crippen LogP contribution in [0.15, 0.2) is 69.6 Å². The highest BCUT2D eigenvalue weighted by atomic mass is 79.9. The summed E-state index contributed by atoms with van der Waals surface area (Å²) in [6.07, 6.45) is 0. The second-order valence-corrected chi connectivity index (χ2v) is 8.26. The van der Waals surface area contributed by atoms with Crippen LogP contribution in [0, 0.1) is 0 Å². The quantitative estimate of drug-likeness (QED) is 0.328. The largest absolute Gasteiger partial charge is 0.490 e. The van der Waals surface area contributed by atoms with Gasteiger partial charge in [-0.05, 0) is 76.4 Å². The Morgan fingerprint density at radius 2 is 1.77 bits per heavy atom. The summed E-state index contributed by atoms with van der Waals surface area (Å²) >= 11 is 7.02. The van der Waals surface area contributed by atoms with Crippen LogP contribution in [0.2, 0.25) is 0 Å². The first-order valence-corrected chi connectivity index (χ1v) is 10.9. The number of benzene rings is 3. The van der Waals surface area contributed by atoms with E-state index in [1.54, 1.807) is 18.2 Å². The Balaban J connectivity index is 1.74. The van der Waals surface area contributed by atoms with Gasteiger partial charge in [0.2, 0.25) is 0 Å². The first kappa shape index (κ1) is 22.2. The van der Waals surface area contributed by atoms with Crippen molar-refractivity contribution in [3.05, 3.63) is 86.3 Å². The fraction of sp³-hybridized carbons (Fsp3) is 0.174. The number of carbonyl (C=O) groups is 1. The second kappa shape index (κ2) is 10.5. The van der Waals surface area contributed by atoms with E-state index in [-0.39, 0.29) is 5.56 Å². The Morgan fingerprint density at radius 1 is 1.00 bits per heavy atom. The molecule has 0 spiro atoms. The van der Waals surface area contributed by atoms with Gasteiger partial charge < -0.3 is 19.9 Å². The highest BCUT2D eigenvalue weighted by Crippen LogP contribution is 2.37. The van der Waals surface area contributed by atoms with E-state index >= 15 is 0 Å². The Morgan fingerprint density at radius 3 is 2.47 bits per heavy atom. The number of rotatable bonds is 9. The van der Waals surface area contributed by atoms with E-state index in [0.717, 1.165) is 25.8 Å². The molecule has 7 heteroatoms. The van der Waals surface area contributed by atoms with Gasteiger partial charge in [0.15, 0.2) is 11.5 Å². The predicted octanol–water partition coefficient (Wildman–Crippen LogP) is 6.50. The van der Waals surface area contributed by atoms with Crippen LogP contribution >= 0.6 is 31.9 Å². The van der Waals surface area contributed by atoms with Gasteiger partial charge in [0.25, 0.3) is 0 Å². The van der Waals surface area contributed by atoms with E-state index in [2.05, 4.69) is 37.2 Å². The lowest BCUT2D eigenvalue weighted by atomic mass is 10.1. The van der Waals surface area contributed by atoms with Crippen molar-refractivity contribution in [2.24, 2.45) is 0 Å². The topological polar surface area (TPSA) is 67.8 Å². The second-order valence-electron chi connectivity index (χ2n) is 6.49. The van der Waals surface area contributed by atoms with E-state index in [0.29, 0.717) is 31.3 Å². The molecule has 0 saturated carbocycles. The monoisotopic (exact) mass is 533 g/mol. The Kier molecular flexibility index (Phi) is 7.76. The summed E-state index contributed by atoms with van der Waals surface area (Å²) in [5, 5.41) is 12.4. The number of hydrogen-bond donors (Lipinski definition) is 2. The Bertz CT molecular complexity index is 1020. The molecule has 156 valence electrons. The summed E-state index contributed by atoms with van der Waals surface area (Å²) < 4.78 is 13.6. The molecule has 3 rings (SSSR count). The molecule has 3 aromatic carbocycles. The Hall–Kier alpha value is -2.51. The number of nitrogens with one attached hydrogen (secondary N) is 1. The molecule has 0 aliphatic carbocycles. The van der Waals surface area contributed by atoms with Crippen molar-refractivity contribution >= 4 is 43.5 Å². The van der Waals surface area contributed by atoms with Gasteiger partial charge in [-0.25, -0.2) is 4.79 Å². The number of anilines is 1. The zero-order valence-corrected chi connectivity index (χ0v) is 19.5. The maximum absolute atomic E-state index is 11.1. The minimum atomic E-state index is -0.952. The van der Waals surface area contributed by atoms with Gasteiger partial charge >= 0.3 is 5.97 Å². The molecule has 0 atom stereocenters. The van der Waals surface area contributed by atoms with Crippen molar-refractivity contribution in [3.63, 3.8) is 0 Å². The third-order valence-electron chi connectivity index (χ3n) is 4.27. The number of carboxylic acids is 1. The van der Waals surface area contributed by atoms with Crippen LogP contribution < -0.4 is 14.8 Å². The van der Waals surface area contributed by atoms with Crippen LogP contribution in [0.4, 0.5) is 5.69 Å². The fourth-order valence-corrected chi connectivity index (χ4v) is 3.70. The molecule has 0 aliphatic rings. The van der Waals surface area contributed by atoms with E-state index in [1.165, 1.54) is 0 Å². The van der Waals surface area contributed by atoms with Crippen molar-refractivity contribution in [1.82, 2.24) is 0 Å². The molecule has 0 unspecified atom stereocenters. The van der Waals surface area contributed by atoms with Gasteiger partial charge in [0, 0.05) is 16.7 Å². The van der Waals surface area contributed by atoms with Gasteiger partial charge in [0.05, 0.1) is 16.6 Å². The van der Waals surface area contributed by atoms with Gasteiger partial charge in [0.1, 0.15) is 6.61 Å². The van der Waals surface area contributed by atoms with Crippen molar-refractivity contribution in [3.8, 4) is 11.5 Å². The summed E-state index contributed by atoms with van der Waals surface area (Å²) in [4.78, 5) is 11.1. The standard InChI is InChI=1S/C23H21Br2NO4/c1-2-29-21-11-16(13-26-19-5-3-4-17(12-19)23(27)28)10-20(25)22(21)30-14-15-6-8-18(24)9-7-15/h3-12,26H,2,13-14H2,1H3,(H,27,28). The minimum absolute atomic E-state index is 0.243. The average molecular weight is 535 g/mol. The van der Waals surface area contributed by atoms with Crippen molar-refractivity contribution in [2.75, 3.05) is 11.9 Å². The van der Waals surface area contributed by atoms with Crippen LogP contribution in [0.3, 0.4) is 0 Å². The van der Waals surface area contributed by atoms with E-state index in [9.17, 15) is 4.79 Å². The lowest BCUT2D eigenvalue weighted by molar-refractivity contribution is 0.0697. The SMILES string of the molecule is CCOc1cc(CNc2cccc(C(=O)O)c2)cc(Br)c1OCc1ccc(Br)cc1. The smallest absolute Gasteiger partial charge is 0.335 e. The molecular formula is C23H21Br2NO4. The molecule has 0 saturated heterocycles. The van der Waals surface area contributed by atoms with Crippen molar-refractivity contribution < 1.29 is 19.4 Å². The highest BCUT2D eigenvalue weighted by molar-refractivity contribution is 9.10. The molecule has 0 aliphatic heterocycles. The van der Waals surface area contributed by atoms with Gasteiger partial charge in [-0.1, -0.05) is 34.1 Å². The molecule has 0 radical (unpaired) electrons. The molecule has 0 bridgehead atoms. The minimum Gasteiger partial charge on any atom is -0.490 e. The number of ether oxygens (including phenoxy) is 2. The first-order chi connectivity index (χ1) is 14.5. The van der Waals surface area contributed by atoms with Crippen LogP contribution in [-0.4, -0.2) is 17.7 Å². The lowest BCUT2D eigenvalue weighted by Gasteiger charge is -2.16. The molecule has 0 amide bonds. The maximum atomic E-state index is 11.1. The number of hydrogen-bond acceptors (Lipinski definition) is 4. The van der Waals surface area contributed by atoms with E-state index in [4.69, 9.17) is 14.6 Å². The van der Waals surface area contributed by atoms with Gasteiger partial charge in [-0.2, -0.15) is 0 Å². The molecule has 5 nitrogen and oxygen atoms in total. The third kappa shape index (κ3) is 6.00. The zero-order chi connectivity index (χ0) is 21.5. The summed E-state index contributed by atoms with van der Waals surface area (Å²) in [6.45, 7) is 3.37. The van der Waals surface area contributed by atoms with Crippen LogP contribution in [0.25, 0.3) is 0 Å². The molecule has 0 aromatic heterocycles. The number of carboxylic acid groups (broad SMARTS) is 1. The number of halogens is 2. The molecule has 2 N–H and O–H groups in total. The molecular weight excluding hydrogens is 514 g/mol. The number of aromatic carboxylic acids is 1. The molecule has 3 aromatic rings. The summed E-state index contributed by atoms with van der Waals surface area (Å²) in [6, 6.07) is 18.6. The lowest BCUT2D eigenvalue weighted by Crippen LogP contribution is -2.05. The van der Waals surface area contributed by atoms with Crippen LogP contribution in [0.5, 0.6) is 11.5 Å². The summed E-state index contributed by atoms with van der Waals surface area (Å²) in [5.74, 6) is 0.351. The van der Waals surface area contributed by atoms with Gasteiger partial charge in [-0.3, -0.25) is 0 Å². The van der Waals surface area contributed by atoms with Crippen LogP contribution in [0.1, 0.15) is 28.4 Å². The van der Waals surface area contributed by atoms with E-state index in [1.807, 2.05) is 49.4 Å². The first-order valence-electron chi connectivity index (χ1n) is 9.36. The van der Waals surface area contributed by atoms with Crippen molar-refractivity contribution in [1.29, 1.82) is 0 Å². The maximum Gasteiger partial charge on any atom is 0.335 e.